The van der Waals surface area contributed by atoms with Crippen LogP contribution >= 0.6 is 0 Å². The Kier molecular flexibility index (Phi) is 5.80. The van der Waals surface area contributed by atoms with Crippen LogP contribution in [0.5, 0.6) is 0 Å². The smallest absolute Gasteiger partial charge is 0.407 e. The number of carbonyl (C=O) groups is 3. The van der Waals surface area contributed by atoms with Gasteiger partial charge in [0.2, 0.25) is 5.91 Å². The summed E-state index contributed by atoms with van der Waals surface area (Å²) >= 11 is 0. The van der Waals surface area contributed by atoms with E-state index in [2.05, 4.69) is 24.4 Å². The standard InChI is InChI=1S/C27H30N2O5/c1-27-13-7-6-8-17(27)15-29(27)25(32)23(14-24(30)31)28-26(33)34-16-22-20-11-4-2-9-18(20)19-10-3-5-12-21(19)22/h2-5,9-12,17,22-23H,6-8,13-16H2,1H3,(H,28,33)(H,30,31). The summed E-state index contributed by atoms with van der Waals surface area (Å²) in [4.78, 5) is 39.2. The topological polar surface area (TPSA) is 95.9 Å². The normalized spacial score (nSPS) is 23.7. The molecule has 0 bridgehead atoms. The van der Waals surface area contributed by atoms with Gasteiger partial charge in [0.05, 0.1) is 6.42 Å². The van der Waals surface area contributed by atoms with Gasteiger partial charge in [-0.25, -0.2) is 4.79 Å². The zero-order valence-corrected chi connectivity index (χ0v) is 19.3. The summed E-state index contributed by atoms with van der Waals surface area (Å²) in [5.74, 6) is -1.13. The third kappa shape index (κ3) is 3.83. The van der Waals surface area contributed by atoms with Gasteiger partial charge in [-0.2, -0.15) is 0 Å². The molecule has 0 radical (unpaired) electrons. The van der Waals surface area contributed by atoms with E-state index in [-0.39, 0.29) is 24.0 Å². The van der Waals surface area contributed by atoms with Crippen LogP contribution in [0.25, 0.3) is 11.1 Å². The number of hydrogen-bond acceptors (Lipinski definition) is 4. The van der Waals surface area contributed by atoms with E-state index >= 15 is 0 Å². The van der Waals surface area contributed by atoms with Gasteiger partial charge in [0.1, 0.15) is 12.6 Å². The van der Waals surface area contributed by atoms with Crippen molar-refractivity contribution >= 4 is 18.0 Å². The first-order valence-electron chi connectivity index (χ1n) is 12.0. The minimum absolute atomic E-state index is 0.107. The summed E-state index contributed by atoms with van der Waals surface area (Å²) in [6.45, 7) is 2.80. The molecule has 2 aromatic rings. The third-order valence-corrected chi connectivity index (χ3v) is 7.96. The first-order chi connectivity index (χ1) is 16.4. The van der Waals surface area contributed by atoms with Crippen LogP contribution in [0.3, 0.4) is 0 Å². The van der Waals surface area contributed by atoms with Crippen molar-refractivity contribution in [3.63, 3.8) is 0 Å². The molecule has 178 valence electrons. The minimum atomic E-state index is -1.15. The van der Waals surface area contributed by atoms with Crippen LogP contribution in [-0.4, -0.2) is 52.7 Å². The summed E-state index contributed by atoms with van der Waals surface area (Å²) in [6, 6.07) is 14.9. The molecule has 2 aromatic carbocycles. The molecule has 2 N–H and O–H groups in total. The van der Waals surface area contributed by atoms with Gasteiger partial charge in [-0.3, -0.25) is 9.59 Å². The SMILES string of the molecule is CC12CCCCC1CN2C(=O)C(CC(=O)O)NC(=O)OCC1c2ccccc2-c2ccccc21. The Balaban J connectivity index is 1.26. The number of benzene rings is 2. The molecule has 0 spiro atoms. The monoisotopic (exact) mass is 462 g/mol. The zero-order chi connectivity index (χ0) is 23.9. The van der Waals surface area contributed by atoms with E-state index in [1.165, 1.54) is 6.42 Å². The van der Waals surface area contributed by atoms with Gasteiger partial charge in [0.15, 0.2) is 0 Å². The van der Waals surface area contributed by atoms with Crippen molar-refractivity contribution in [2.24, 2.45) is 5.92 Å². The second kappa shape index (κ2) is 8.78. The Morgan fingerprint density at radius 1 is 1.09 bits per heavy atom. The molecule has 5 rings (SSSR count). The fourth-order valence-corrected chi connectivity index (χ4v) is 6.04. The van der Waals surface area contributed by atoms with Crippen molar-refractivity contribution in [3.05, 3.63) is 59.7 Å². The molecule has 3 atom stereocenters. The Bertz CT molecular complexity index is 1090. The van der Waals surface area contributed by atoms with Crippen molar-refractivity contribution in [3.8, 4) is 11.1 Å². The number of amides is 2. The highest BCUT2D eigenvalue weighted by molar-refractivity contribution is 5.90. The largest absolute Gasteiger partial charge is 0.481 e. The molecular weight excluding hydrogens is 432 g/mol. The average Bonchev–Trinajstić information content (AvgIpc) is 3.13. The van der Waals surface area contributed by atoms with Gasteiger partial charge >= 0.3 is 12.1 Å². The number of rotatable bonds is 6. The number of nitrogens with zero attached hydrogens (tertiary/aromatic N) is 1. The predicted octanol–water partition coefficient (Wildman–Crippen LogP) is 4.16. The van der Waals surface area contributed by atoms with Crippen molar-refractivity contribution in [1.29, 1.82) is 0 Å². The van der Waals surface area contributed by atoms with E-state index in [0.717, 1.165) is 41.5 Å². The second-order valence-electron chi connectivity index (χ2n) is 9.87. The van der Waals surface area contributed by atoms with Crippen LogP contribution in [-0.2, 0) is 14.3 Å². The van der Waals surface area contributed by atoms with Crippen molar-refractivity contribution in [2.75, 3.05) is 13.2 Å². The van der Waals surface area contributed by atoms with E-state index in [4.69, 9.17) is 4.74 Å². The minimum Gasteiger partial charge on any atom is -0.481 e. The van der Waals surface area contributed by atoms with Gasteiger partial charge in [-0.15, -0.1) is 0 Å². The molecule has 7 nitrogen and oxygen atoms in total. The van der Waals surface area contributed by atoms with E-state index in [9.17, 15) is 19.5 Å². The number of ether oxygens (including phenoxy) is 1. The lowest BCUT2D eigenvalue weighted by atomic mass is 9.66. The maximum absolute atomic E-state index is 13.2. The number of aliphatic carboxylic acids is 1. The Labute approximate surface area is 199 Å². The average molecular weight is 463 g/mol. The van der Waals surface area contributed by atoms with E-state index in [1.807, 2.05) is 36.4 Å². The zero-order valence-electron chi connectivity index (χ0n) is 19.3. The molecule has 3 aliphatic rings. The number of alkyl carbamates (subject to hydrolysis) is 1. The maximum Gasteiger partial charge on any atom is 0.407 e. The lowest BCUT2D eigenvalue weighted by Crippen LogP contribution is -2.71. The van der Waals surface area contributed by atoms with Crippen LogP contribution in [0, 0.1) is 5.92 Å². The molecule has 1 saturated carbocycles. The number of carboxylic acids is 1. The third-order valence-electron chi connectivity index (χ3n) is 7.96. The van der Waals surface area contributed by atoms with Crippen LogP contribution in [0.15, 0.2) is 48.5 Å². The number of fused-ring (bicyclic) bond motifs is 4. The number of hydrogen-bond donors (Lipinski definition) is 2. The Morgan fingerprint density at radius 3 is 2.35 bits per heavy atom. The summed E-state index contributed by atoms with van der Waals surface area (Å²) < 4.78 is 5.55. The highest BCUT2D eigenvalue weighted by Gasteiger charge is 2.53. The molecule has 2 aliphatic carbocycles. The van der Waals surface area contributed by atoms with E-state index in [0.29, 0.717) is 12.5 Å². The summed E-state index contributed by atoms with van der Waals surface area (Å²) in [6.07, 6.45) is 2.98. The number of likely N-dealkylation sites (tertiary alicyclic amines) is 1. The number of carbonyl (C=O) groups excluding carboxylic acids is 2. The highest BCUT2D eigenvalue weighted by Crippen LogP contribution is 2.47. The quantitative estimate of drug-likeness (QED) is 0.672. The number of nitrogens with one attached hydrogen (secondary N) is 1. The van der Waals surface area contributed by atoms with Crippen LogP contribution in [0.4, 0.5) is 4.79 Å². The number of carboxylic acid groups (broad SMARTS) is 1. The molecule has 34 heavy (non-hydrogen) atoms. The molecular formula is C27H30N2O5. The van der Waals surface area contributed by atoms with Crippen LogP contribution < -0.4 is 5.32 Å². The summed E-state index contributed by atoms with van der Waals surface area (Å²) in [5.41, 5.74) is 4.19. The first-order valence-corrected chi connectivity index (χ1v) is 12.0. The van der Waals surface area contributed by atoms with Gasteiger partial charge in [-0.1, -0.05) is 61.4 Å². The molecule has 1 heterocycles. The molecule has 7 heteroatoms. The van der Waals surface area contributed by atoms with E-state index in [1.54, 1.807) is 4.90 Å². The van der Waals surface area contributed by atoms with Gasteiger partial charge in [0, 0.05) is 18.0 Å². The molecule has 3 unspecified atom stereocenters. The maximum atomic E-state index is 13.2. The van der Waals surface area contributed by atoms with Crippen LogP contribution in [0.1, 0.15) is 56.1 Å². The molecule has 1 aliphatic heterocycles. The molecule has 2 amide bonds. The van der Waals surface area contributed by atoms with Crippen molar-refractivity contribution < 1.29 is 24.2 Å². The fourth-order valence-electron chi connectivity index (χ4n) is 6.04. The Morgan fingerprint density at radius 2 is 1.74 bits per heavy atom. The summed E-state index contributed by atoms with van der Waals surface area (Å²) in [5, 5.41) is 11.9. The van der Waals surface area contributed by atoms with Crippen LogP contribution in [0.2, 0.25) is 0 Å². The van der Waals surface area contributed by atoms with Gasteiger partial charge < -0.3 is 20.1 Å². The Hall–Kier alpha value is -3.35. The lowest BCUT2D eigenvalue weighted by molar-refractivity contribution is -0.164. The molecule has 1 saturated heterocycles. The summed E-state index contributed by atoms with van der Waals surface area (Å²) in [7, 11) is 0. The van der Waals surface area contributed by atoms with Crippen molar-refractivity contribution in [2.45, 2.75) is 56.5 Å². The molecule has 0 aromatic heterocycles. The lowest BCUT2D eigenvalue weighted by Gasteiger charge is -2.60. The van der Waals surface area contributed by atoms with Crippen molar-refractivity contribution in [1.82, 2.24) is 10.2 Å². The van der Waals surface area contributed by atoms with E-state index < -0.39 is 24.5 Å². The first kappa shape index (κ1) is 22.4. The van der Waals surface area contributed by atoms with Gasteiger partial charge in [0.25, 0.3) is 0 Å². The molecule has 2 fully saturated rings. The fraction of sp³-hybridized carbons (Fsp3) is 0.444. The predicted molar refractivity (Wildman–Crippen MR) is 126 cm³/mol. The second-order valence-corrected chi connectivity index (χ2v) is 9.87. The highest BCUT2D eigenvalue weighted by atomic mass is 16.5. The van der Waals surface area contributed by atoms with Gasteiger partial charge in [-0.05, 0) is 47.9 Å².